The molecular formula is C20H25N3O2S. The molecule has 1 atom stereocenters. The van der Waals surface area contributed by atoms with E-state index in [1.165, 1.54) is 25.7 Å². The molecule has 2 amide bonds. The Kier molecular flexibility index (Phi) is 4.01. The van der Waals surface area contributed by atoms with Crippen LogP contribution in [-0.2, 0) is 9.59 Å². The summed E-state index contributed by atoms with van der Waals surface area (Å²) in [4.78, 5) is 32.8. The second-order valence-electron chi connectivity index (χ2n) is 7.85. The highest BCUT2D eigenvalue weighted by atomic mass is 32.2. The first-order valence-corrected chi connectivity index (χ1v) is 10.7. The van der Waals surface area contributed by atoms with Crippen molar-refractivity contribution in [2.75, 3.05) is 31.1 Å². The molecule has 1 aliphatic carbocycles. The first kappa shape index (κ1) is 16.6. The van der Waals surface area contributed by atoms with Crippen molar-refractivity contribution in [3.63, 3.8) is 0 Å². The third kappa shape index (κ3) is 2.42. The van der Waals surface area contributed by atoms with Crippen LogP contribution in [0.5, 0.6) is 0 Å². The fraction of sp³-hybridized carbons (Fsp3) is 0.600. The van der Waals surface area contributed by atoms with Gasteiger partial charge >= 0.3 is 0 Å². The van der Waals surface area contributed by atoms with Crippen molar-refractivity contribution in [1.29, 1.82) is 0 Å². The van der Waals surface area contributed by atoms with Gasteiger partial charge in [-0.25, -0.2) is 0 Å². The van der Waals surface area contributed by atoms with Crippen LogP contribution in [0, 0.1) is 0 Å². The van der Waals surface area contributed by atoms with Gasteiger partial charge in [0, 0.05) is 43.5 Å². The zero-order valence-corrected chi connectivity index (χ0v) is 15.8. The highest BCUT2D eigenvalue weighted by Crippen LogP contribution is 2.56. The van der Waals surface area contributed by atoms with Crippen LogP contribution in [0.15, 0.2) is 29.2 Å². The van der Waals surface area contributed by atoms with Crippen LogP contribution in [0.4, 0.5) is 5.69 Å². The number of carbonyl (C=O) groups excluding carboxylic acids is 2. The molecule has 6 heteroatoms. The molecule has 3 heterocycles. The number of hydrogen-bond donors (Lipinski definition) is 0. The Morgan fingerprint density at radius 2 is 1.81 bits per heavy atom. The van der Waals surface area contributed by atoms with Gasteiger partial charge in [-0.05, 0) is 31.4 Å². The van der Waals surface area contributed by atoms with E-state index in [0.29, 0.717) is 12.8 Å². The Bertz CT molecular complexity index is 740. The molecule has 0 N–H and O–H groups in total. The molecule has 2 saturated heterocycles. The summed E-state index contributed by atoms with van der Waals surface area (Å²) in [6.45, 7) is 3.52. The highest BCUT2D eigenvalue weighted by molar-refractivity contribution is 8.02. The Morgan fingerprint density at radius 1 is 1.08 bits per heavy atom. The van der Waals surface area contributed by atoms with Gasteiger partial charge in [-0.3, -0.25) is 19.4 Å². The van der Waals surface area contributed by atoms with Gasteiger partial charge in [-0.1, -0.05) is 36.7 Å². The number of nitrogens with zero attached hydrogens (tertiary/aromatic N) is 3. The van der Waals surface area contributed by atoms with Gasteiger partial charge in [-0.15, -0.1) is 0 Å². The standard InChI is InChI=1S/C20H25N3O2S/c24-18-9-10-20(23(18)16-7-3-4-8-17(16)26-20)19(25)22-13-11-21(12-14-22)15-5-1-2-6-15/h3-4,7-8,15H,1-2,5-6,9-14H2. The maximum absolute atomic E-state index is 13.5. The van der Waals surface area contributed by atoms with Crippen molar-refractivity contribution in [3.8, 4) is 0 Å². The Labute approximate surface area is 158 Å². The molecule has 4 aliphatic rings. The number of piperazine rings is 1. The first-order valence-electron chi connectivity index (χ1n) is 9.83. The van der Waals surface area contributed by atoms with Crippen molar-refractivity contribution in [2.45, 2.75) is 54.3 Å². The third-order valence-corrected chi connectivity index (χ3v) is 7.91. The number of fused-ring (bicyclic) bond motifs is 3. The van der Waals surface area contributed by atoms with Gasteiger partial charge in [-0.2, -0.15) is 0 Å². The van der Waals surface area contributed by atoms with E-state index in [1.807, 2.05) is 29.2 Å². The van der Waals surface area contributed by atoms with Gasteiger partial charge in [0.25, 0.3) is 5.91 Å². The number of hydrogen-bond acceptors (Lipinski definition) is 4. The van der Waals surface area contributed by atoms with Crippen molar-refractivity contribution < 1.29 is 9.59 Å². The molecule has 1 aromatic carbocycles. The van der Waals surface area contributed by atoms with E-state index in [1.54, 1.807) is 16.7 Å². The van der Waals surface area contributed by atoms with Crippen LogP contribution in [0.3, 0.4) is 0 Å². The second kappa shape index (κ2) is 6.27. The summed E-state index contributed by atoms with van der Waals surface area (Å²) in [5, 5.41) is 0. The number of thioether (sulfide) groups is 1. The van der Waals surface area contributed by atoms with Gasteiger partial charge in [0.15, 0.2) is 4.87 Å². The maximum Gasteiger partial charge on any atom is 0.259 e. The van der Waals surface area contributed by atoms with E-state index in [4.69, 9.17) is 0 Å². The molecule has 3 aliphatic heterocycles. The van der Waals surface area contributed by atoms with Gasteiger partial charge in [0.05, 0.1) is 5.69 Å². The lowest BCUT2D eigenvalue weighted by Gasteiger charge is -2.41. The quantitative estimate of drug-likeness (QED) is 0.802. The Morgan fingerprint density at radius 3 is 2.58 bits per heavy atom. The minimum Gasteiger partial charge on any atom is -0.337 e. The third-order valence-electron chi connectivity index (χ3n) is 6.45. The van der Waals surface area contributed by atoms with E-state index >= 15 is 0 Å². The molecule has 138 valence electrons. The van der Waals surface area contributed by atoms with Crippen LogP contribution in [0.2, 0.25) is 0 Å². The number of benzene rings is 1. The smallest absolute Gasteiger partial charge is 0.259 e. The first-order chi connectivity index (χ1) is 12.7. The predicted molar refractivity (Wildman–Crippen MR) is 102 cm³/mol. The van der Waals surface area contributed by atoms with Crippen molar-refractivity contribution in [1.82, 2.24) is 9.80 Å². The molecule has 5 rings (SSSR count). The molecule has 26 heavy (non-hydrogen) atoms. The number of para-hydroxylation sites is 1. The summed E-state index contributed by atoms with van der Waals surface area (Å²) in [7, 11) is 0. The maximum atomic E-state index is 13.5. The largest absolute Gasteiger partial charge is 0.337 e. The predicted octanol–water partition coefficient (Wildman–Crippen LogP) is 2.70. The van der Waals surface area contributed by atoms with E-state index in [2.05, 4.69) is 4.90 Å². The van der Waals surface area contributed by atoms with E-state index in [-0.39, 0.29) is 11.8 Å². The molecule has 0 radical (unpaired) electrons. The summed E-state index contributed by atoms with van der Waals surface area (Å²) in [5.41, 5.74) is 0.915. The molecule has 1 aromatic rings. The fourth-order valence-corrected chi connectivity index (χ4v) is 6.58. The number of amides is 2. The molecule has 1 saturated carbocycles. The summed E-state index contributed by atoms with van der Waals surface area (Å²) < 4.78 is 0. The van der Waals surface area contributed by atoms with Crippen LogP contribution >= 0.6 is 11.8 Å². The van der Waals surface area contributed by atoms with E-state index in [9.17, 15) is 9.59 Å². The minimum absolute atomic E-state index is 0.0837. The summed E-state index contributed by atoms with van der Waals surface area (Å²) in [6, 6.07) is 8.65. The average Bonchev–Trinajstić information content (AvgIpc) is 3.38. The van der Waals surface area contributed by atoms with Gasteiger partial charge in [0.2, 0.25) is 5.91 Å². The Balaban J connectivity index is 1.35. The fourth-order valence-electron chi connectivity index (χ4n) is 5.09. The summed E-state index contributed by atoms with van der Waals surface area (Å²) in [6.07, 6.45) is 6.40. The van der Waals surface area contributed by atoms with Gasteiger partial charge in [0.1, 0.15) is 0 Å². The zero-order valence-electron chi connectivity index (χ0n) is 15.0. The monoisotopic (exact) mass is 371 g/mol. The summed E-state index contributed by atoms with van der Waals surface area (Å²) in [5.74, 6) is 0.219. The zero-order chi connectivity index (χ0) is 17.7. The topological polar surface area (TPSA) is 43.9 Å². The molecular weight excluding hydrogens is 346 g/mol. The van der Waals surface area contributed by atoms with E-state index < -0.39 is 4.87 Å². The van der Waals surface area contributed by atoms with Crippen molar-refractivity contribution >= 4 is 29.3 Å². The summed E-state index contributed by atoms with van der Waals surface area (Å²) >= 11 is 1.59. The van der Waals surface area contributed by atoms with Gasteiger partial charge < -0.3 is 4.90 Å². The van der Waals surface area contributed by atoms with Crippen molar-refractivity contribution in [2.24, 2.45) is 0 Å². The Hall–Kier alpha value is -1.53. The molecule has 3 fully saturated rings. The average molecular weight is 372 g/mol. The van der Waals surface area contributed by atoms with Crippen LogP contribution < -0.4 is 4.90 Å². The second-order valence-corrected chi connectivity index (χ2v) is 9.17. The molecule has 0 aromatic heterocycles. The lowest BCUT2D eigenvalue weighted by Crippen LogP contribution is -2.59. The normalized spacial score (nSPS) is 29.3. The van der Waals surface area contributed by atoms with E-state index in [0.717, 1.165) is 42.8 Å². The SMILES string of the molecule is O=C1CCC2(C(=O)N3CCN(C4CCCC4)CC3)Sc3ccccc3N12. The van der Waals surface area contributed by atoms with Crippen LogP contribution in [0.1, 0.15) is 38.5 Å². The van der Waals surface area contributed by atoms with Crippen molar-refractivity contribution in [3.05, 3.63) is 24.3 Å². The van der Waals surface area contributed by atoms with Crippen LogP contribution in [-0.4, -0.2) is 58.7 Å². The number of anilines is 1. The van der Waals surface area contributed by atoms with Crippen LogP contribution in [0.25, 0.3) is 0 Å². The molecule has 0 spiro atoms. The number of carbonyl (C=O) groups is 2. The molecule has 0 bridgehead atoms. The lowest BCUT2D eigenvalue weighted by atomic mass is 10.1. The molecule has 1 unspecified atom stereocenters. The lowest BCUT2D eigenvalue weighted by molar-refractivity contribution is -0.136. The number of rotatable bonds is 2. The minimum atomic E-state index is -0.740. The highest BCUT2D eigenvalue weighted by Gasteiger charge is 2.58. The molecule has 5 nitrogen and oxygen atoms in total.